The molecule has 0 bridgehead atoms. The summed E-state index contributed by atoms with van der Waals surface area (Å²) in [7, 11) is 1.04. The molecule has 15 heavy (non-hydrogen) atoms. The molecule has 1 aromatic carbocycles. The Bertz CT molecular complexity index is 354. The third-order valence-corrected chi connectivity index (χ3v) is 1.72. The van der Waals surface area contributed by atoms with Gasteiger partial charge in [0, 0.05) is 5.56 Å². The molecule has 1 aromatic rings. The van der Waals surface area contributed by atoms with Crippen LogP contribution in [0.4, 0.5) is 12.9 Å². The number of carbonyl (C=O) groups excluding carboxylic acids is 1. The number of methoxy groups -OCH3 is 1. The van der Waals surface area contributed by atoms with Crippen molar-refractivity contribution in [1.82, 2.24) is 0 Å². The van der Waals surface area contributed by atoms with Gasteiger partial charge in [-0.15, -0.1) is 0 Å². The Morgan fingerprint density at radius 2 is 1.80 bits per heavy atom. The van der Waals surface area contributed by atoms with Crippen LogP contribution in [-0.4, -0.2) is 20.1 Å². The second-order valence-corrected chi connectivity index (χ2v) is 2.65. The van der Waals surface area contributed by atoms with Crippen LogP contribution in [-0.2, 0) is 4.74 Å². The number of esters is 1. The Balaban J connectivity index is 0.00000196. The number of carbonyl (C=O) groups is 1. The first kappa shape index (κ1) is 15.2. The number of benzene rings is 1. The molecule has 0 fully saturated rings. The Labute approximate surface area is 128 Å². The van der Waals surface area contributed by atoms with E-state index < -0.39 is 24.0 Å². The molecule has 0 aliphatic rings. The number of halogens is 3. The molecule has 0 unspecified atom stereocenters. The van der Waals surface area contributed by atoms with Gasteiger partial charge in [0.1, 0.15) is 0 Å². The summed E-state index contributed by atoms with van der Waals surface area (Å²) in [5.41, 5.74) is -1.36. The van der Waals surface area contributed by atoms with Gasteiger partial charge in [0.15, 0.2) is 0 Å². The van der Waals surface area contributed by atoms with Crippen LogP contribution in [0.15, 0.2) is 24.3 Å². The summed E-state index contributed by atoms with van der Waals surface area (Å²) in [6.07, 6.45) is 0. The van der Waals surface area contributed by atoms with Crippen LogP contribution < -0.4 is 56.8 Å². The second kappa shape index (κ2) is 6.05. The summed E-state index contributed by atoms with van der Waals surface area (Å²) >= 11 is 0. The Kier molecular flexibility index (Phi) is 6.12. The van der Waals surface area contributed by atoms with Gasteiger partial charge in [-0.3, -0.25) is 0 Å². The van der Waals surface area contributed by atoms with Crippen molar-refractivity contribution < 1.29 is 73.9 Å². The minimum Gasteiger partial charge on any atom is -0.465 e. The SMILES string of the molecule is COC(=O)c1ccccc1[B-](F)(F)F.[K+]. The van der Waals surface area contributed by atoms with Gasteiger partial charge in [-0.25, -0.2) is 4.79 Å². The first-order valence-electron chi connectivity index (χ1n) is 3.84. The molecular weight excluding hydrogens is 235 g/mol. The van der Waals surface area contributed by atoms with Gasteiger partial charge >= 0.3 is 64.3 Å². The standard InChI is InChI=1S/C8H7BF3O2.K/c1-14-8(13)6-4-2-3-5-7(6)9(10,11)12;/h2-5H,1H3;/q-1;+1. The van der Waals surface area contributed by atoms with Gasteiger partial charge in [-0.1, -0.05) is 29.7 Å². The predicted molar refractivity (Wildman–Crippen MR) is 46.5 cm³/mol. The minimum atomic E-state index is -5.18. The van der Waals surface area contributed by atoms with E-state index in [-0.39, 0.29) is 51.4 Å². The fourth-order valence-corrected chi connectivity index (χ4v) is 1.08. The normalized spacial score (nSPS) is 10.4. The van der Waals surface area contributed by atoms with Gasteiger partial charge < -0.3 is 17.7 Å². The van der Waals surface area contributed by atoms with Crippen molar-refractivity contribution in [3.8, 4) is 0 Å². The third-order valence-electron chi connectivity index (χ3n) is 1.72. The van der Waals surface area contributed by atoms with Crippen LogP contribution in [0.2, 0.25) is 0 Å². The monoisotopic (exact) mass is 242 g/mol. The van der Waals surface area contributed by atoms with E-state index in [1.165, 1.54) is 12.1 Å². The number of hydrogen-bond donors (Lipinski definition) is 0. The quantitative estimate of drug-likeness (QED) is 0.467. The first-order valence-corrected chi connectivity index (χ1v) is 3.84. The summed E-state index contributed by atoms with van der Waals surface area (Å²) in [6, 6.07) is 4.55. The third kappa shape index (κ3) is 3.92. The molecule has 0 aliphatic heterocycles. The predicted octanol–water partition coefficient (Wildman–Crippen LogP) is -1.47. The first-order chi connectivity index (χ1) is 6.46. The molecule has 0 radical (unpaired) electrons. The van der Waals surface area contributed by atoms with Crippen molar-refractivity contribution in [3.05, 3.63) is 29.8 Å². The smallest absolute Gasteiger partial charge is 0.465 e. The summed E-state index contributed by atoms with van der Waals surface area (Å²) in [6.45, 7) is -5.18. The average Bonchev–Trinajstić information content (AvgIpc) is 2.15. The molecule has 0 N–H and O–H groups in total. The number of ether oxygens (including phenoxy) is 1. The average molecular weight is 242 g/mol. The van der Waals surface area contributed by atoms with E-state index in [9.17, 15) is 17.7 Å². The zero-order chi connectivity index (χ0) is 10.8. The molecule has 0 saturated carbocycles. The fourth-order valence-electron chi connectivity index (χ4n) is 1.08. The maximum atomic E-state index is 12.4. The molecular formula is C8H7BF3KO2. The fraction of sp³-hybridized carbons (Fsp3) is 0.125. The maximum Gasteiger partial charge on any atom is 1.00 e. The molecule has 1 rings (SSSR count). The van der Waals surface area contributed by atoms with E-state index >= 15 is 0 Å². The van der Waals surface area contributed by atoms with Crippen molar-refractivity contribution in [3.63, 3.8) is 0 Å². The Morgan fingerprint density at radius 1 is 1.27 bits per heavy atom. The molecule has 0 aliphatic carbocycles. The van der Waals surface area contributed by atoms with Crippen molar-refractivity contribution in [1.29, 1.82) is 0 Å². The molecule has 76 valence electrons. The zero-order valence-corrected chi connectivity index (χ0v) is 11.5. The van der Waals surface area contributed by atoms with Crippen molar-refractivity contribution in [2.24, 2.45) is 0 Å². The van der Waals surface area contributed by atoms with Gasteiger partial charge in [0.25, 0.3) is 0 Å². The van der Waals surface area contributed by atoms with Gasteiger partial charge in [-0.05, 0) is 0 Å². The largest absolute Gasteiger partial charge is 1.00 e. The van der Waals surface area contributed by atoms with E-state index in [2.05, 4.69) is 4.74 Å². The van der Waals surface area contributed by atoms with E-state index in [1.807, 2.05) is 0 Å². The van der Waals surface area contributed by atoms with Crippen molar-refractivity contribution in [2.75, 3.05) is 7.11 Å². The zero-order valence-electron chi connectivity index (χ0n) is 8.34. The van der Waals surface area contributed by atoms with E-state index in [0.717, 1.165) is 19.2 Å². The molecule has 0 spiro atoms. The summed E-state index contributed by atoms with van der Waals surface area (Å²) in [5.74, 6) is -0.972. The Hall–Kier alpha value is 0.181. The van der Waals surface area contributed by atoms with Gasteiger partial charge in [0.05, 0.1) is 7.11 Å². The van der Waals surface area contributed by atoms with Crippen LogP contribution in [0.3, 0.4) is 0 Å². The second-order valence-electron chi connectivity index (χ2n) is 2.65. The van der Waals surface area contributed by atoms with E-state index in [0.29, 0.717) is 0 Å². The summed E-state index contributed by atoms with van der Waals surface area (Å²) in [4.78, 5) is 11.0. The van der Waals surface area contributed by atoms with E-state index in [4.69, 9.17) is 0 Å². The van der Waals surface area contributed by atoms with Crippen molar-refractivity contribution >= 4 is 18.4 Å². The van der Waals surface area contributed by atoms with Gasteiger partial charge in [-0.2, -0.15) is 0 Å². The molecule has 0 aromatic heterocycles. The van der Waals surface area contributed by atoms with Crippen LogP contribution >= 0.6 is 0 Å². The summed E-state index contributed by atoms with van der Waals surface area (Å²) in [5, 5.41) is 0. The Morgan fingerprint density at radius 3 is 2.27 bits per heavy atom. The minimum absolute atomic E-state index is 0. The summed E-state index contributed by atoms with van der Waals surface area (Å²) < 4.78 is 41.4. The van der Waals surface area contributed by atoms with Gasteiger partial charge in [0.2, 0.25) is 0 Å². The molecule has 0 atom stereocenters. The molecule has 0 saturated heterocycles. The van der Waals surface area contributed by atoms with Crippen LogP contribution in [0.5, 0.6) is 0 Å². The van der Waals surface area contributed by atoms with Crippen LogP contribution in [0.25, 0.3) is 0 Å². The maximum absolute atomic E-state index is 12.4. The van der Waals surface area contributed by atoms with Crippen molar-refractivity contribution in [2.45, 2.75) is 0 Å². The topological polar surface area (TPSA) is 26.3 Å². The number of rotatable bonds is 2. The van der Waals surface area contributed by atoms with Crippen LogP contribution in [0, 0.1) is 0 Å². The molecule has 7 heteroatoms. The van der Waals surface area contributed by atoms with E-state index in [1.54, 1.807) is 0 Å². The molecule has 2 nitrogen and oxygen atoms in total. The van der Waals surface area contributed by atoms with Crippen LogP contribution in [0.1, 0.15) is 10.4 Å². The number of hydrogen-bond acceptors (Lipinski definition) is 2. The molecule has 0 amide bonds. The molecule has 0 heterocycles.